The Hall–Kier alpha value is -1.96. The summed E-state index contributed by atoms with van der Waals surface area (Å²) in [5.41, 5.74) is 5.26. The van der Waals surface area contributed by atoms with E-state index in [9.17, 15) is 18.0 Å². The predicted octanol–water partition coefficient (Wildman–Crippen LogP) is 1.88. The molecule has 100 valence electrons. The smallest absolute Gasteiger partial charge is 0.411 e. The minimum atomic E-state index is -4.42. The number of ether oxygens (including phenoxy) is 2. The first-order valence-electron chi connectivity index (χ1n) is 4.70. The normalized spacial score (nSPS) is 11.3. The first-order chi connectivity index (χ1) is 8.29. The molecule has 1 rings (SSSR count). The van der Waals surface area contributed by atoms with Crippen molar-refractivity contribution in [2.75, 3.05) is 19.1 Å². The van der Waals surface area contributed by atoms with Gasteiger partial charge in [-0.2, -0.15) is 13.2 Å². The van der Waals surface area contributed by atoms with Crippen LogP contribution in [0.4, 0.5) is 18.9 Å². The number of nitrogen functional groups attached to an aromatic ring is 1. The second kappa shape index (κ2) is 5.58. The topological polar surface area (TPSA) is 81.8 Å². The van der Waals surface area contributed by atoms with Gasteiger partial charge in [-0.05, 0) is 12.1 Å². The number of aromatic carboxylic acids is 1. The molecule has 1 aromatic rings. The predicted molar refractivity (Wildman–Crippen MR) is 55.3 cm³/mol. The lowest BCUT2D eigenvalue weighted by Gasteiger charge is -2.10. The van der Waals surface area contributed by atoms with Crippen molar-refractivity contribution in [1.29, 1.82) is 0 Å². The second-order valence-corrected chi connectivity index (χ2v) is 3.28. The summed E-state index contributed by atoms with van der Waals surface area (Å²) >= 11 is 0. The van der Waals surface area contributed by atoms with Crippen LogP contribution in [0.2, 0.25) is 0 Å². The molecule has 18 heavy (non-hydrogen) atoms. The zero-order valence-corrected chi connectivity index (χ0v) is 9.03. The largest absolute Gasteiger partial charge is 0.478 e. The molecule has 0 amide bonds. The summed E-state index contributed by atoms with van der Waals surface area (Å²) in [5.74, 6) is -1.08. The fourth-order valence-electron chi connectivity index (χ4n) is 1.09. The first-order valence-corrected chi connectivity index (χ1v) is 4.70. The van der Waals surface area contributed by atoms with E-state index in [2.05, 4.69) is 4.74 Å². The third kappa shape index (κ3) is 4.50. The van der Waals surface area contributed by atoms with Crippen molar-refractivity contribution in [3.63, 3.8) is 0 Å². The van der Waals surface area contributed by atoms with Gasteiger partial charge in [0, 0.05) is 11.8 Å². The van der Waals surface area contributed by atoms with Crippen molar-refractivity contribution in [3.05, 3.63) is 23.8 Å². The number of rotatable bonds is 5. The molecule has 0 aliphatic rings. The molecule has 0 unspecified atom stereocenters. The van der Waals surface area contributed by atoms with Crippen molar-refractivity contribution in [3.8, 4) is 5.75 Å². The molecular formula is C10H10F3NO4. The van der Waals surface area contributed by atoms with Crippen molar-refractivity contribution >= 4 is 11.7 Å². The quantitative estimate of drug-likeness (QED) is 0.482. The maximum atomic E-state index is 11.7. The molecule has 0 bridgehead atoms. The number of anilines is 1. The van der Waals surface area contributed by atoms with Crippen LogP contribution in [0.3, 0.4) is 0 Å². The SMILES string of the molecule is Nc1cc(OCOCC(F)(F)F)ccc1C(=O)O. The van der Waals surface area contributed by atoms with Gasteiger partial charge in [0.25, 0.3) is 0 Å². The second-order valence-electron chi connectivity index (χ2n) is 3.28. The lowest BCUT2D eigenvalue weighted by Crippen LogP contribution is -2.19. The van der Waals surface area contributed by atoms with Gasteiger partial charge in [-0.15, -0.1) is 0 Å². The Morgan fingerprint density at radius 1 is 1.39 bits per heavy atom. The van der Waals surface area contributed by atoms with Crippen LogP contribution in [0.25, 0.3) is 0 Å². The number of nitrogens with two attached hydrogens (primary N) is 1. The molecule has 0 radical (unpaired) electrons. The highest BCUT2D eigenvalue weighted by Crippen LogP contribution is 2.20. The van der Waals surface area contributed by atoms with E-state index < -0.39 is 25.5 Å². The monoisotopic (exact) mass is 265 g/mol. The van der Waals surface area contributed by atoms with Crippen molar-refractivity contribution in [2.45, 2.75) is 6.18 Å². The molecule has 0 saturated heterocycles. The minimum absolute atomic E-state index is 0.0455. The maximum Gasteiger partial charge on any atom is 0.411 e. The number of carbonyl (C=O) groups is 1. The van der Waals surface area contributed by atoms with Gasteiger partial charge in [0.1, 0.15) is 12.4 Å². The van der Waals surface area contributed by atoms with E-state index >= 15 is 0 Å². The maximum absolute atomic E-state index is 11.7. The number of hydrogen-bond donors (Lipinski definition) is 2. The molecule has 0 aliphatic carbocycles. The van der Waals surface area contributed by atoms with E-state index in [-0.39, 0.29) is 17.0 Å². The van der Waals surface area contributed by atoms with Crippen LogP contribution >= 0.6 is 0 Å². The van der Waals surface area contributed by atoms with Gasteiger partial charge >= 0.3 is 12.1 Å². The summed E-state index contributed by atoms with van der Waals surface area (Å²) in [4.78, 5) is 10.6. The molecule has 0 aliphatic heterocycles. The molecular weight excluding hydrogens is 255 g/mol. The van der Waals surface area contributed by atoms with Crippen LogP contribution in [0.15, 0.2) is 18.2 Å². The number of benzene rings is 1. The van der Waals surface area contributed by atoms with E-state index in [1.54, 1.807) is 0 Å². The molecule has 0 aromatic heterocycles. The van der Waals surface area contributed by atoms with Gasteiger partial charge in [-0.25, -0.2) is 4.79 Å². The summed E-state index contributed by atoms with van der Waals surface area (Å²) < 4.78 is 44.2. The highest BCUT2D eigenvalue weighted by Gasteiger charge is 2.27. The Bertz CT molecular complexity index is 434. The fourth-order valence-corrected chi connectivity index (χ4v) is 1.09. The van der Waals surface area contributed by atoms with Crippen LogP contribution in [0.1, 0.15) is 10.4 Å². The van der Waals surface area contributed by atoms with E-state index in [0.717, 1.165) is 0 Å². The van der Waals surface area contributed by atoms with Gasteiger partial charge < -0.3 is 20.3 Å². The Morgan fingerprint density at radius 3 is 2.56 bits per heavy atom. The summed E-state index contributed by atoms with van der Waals surface area (Å²) in [5, 5.41) is 8.69. The standard InChI is InChI=1S/C10H10F3NO4/c11-10(12,13)4-17-5-18-6-1-2-7(9(15)16)8(14)3-6/h1-3H,4-5,14H2,(H,15,16). The van der Waals surface area contributed by atoms with E-state index in [1.165, 1.54) is 18.2 Å². The molecule has 5 nitrogen and oxygen atoms in total. The van der Waals surface area contributed by atoms with Crippen molar-refractivity contribution in [2.24, 2.45) is 0 Å². The van der Waals surface area contributed by atoms with Crippen LogP contribution in [0.5, 0.6) is 5.75 Å². The first kappa shape index (κ1) is 14.1. The summed E-state index contributed by atoms with van der Waals surface area (Å²) in [7, 11) is 0. The van der Waals surface area contributed by atoms with Gasteiger partial charge in [0.05, 0.1) is 5.56 Å². The molecule has 1 aromatic carbocycles. The van der Waals surface area contributed by atoms with Crippen LogP contribution in [-0.2, 0) is 4.74 Å². The highest BCUT2D eigenvalue weighted by atomic mass is 19.4. The molecule has 0 spiro atoms. The van der Waals surface area contributed by atoms with E-state index in [4.69, 9.17) is 15.6 Å². The third-order valence-electron chi connectivity index (χ3n) is 1.83. The lowest BCUT2D eigenvalue weighted by molar-refractivity contribution is -0.186. The molecule has 3 N–H and O–H groups in total. The molecule has 8 heteroatoms. The van der Waals surface area contributed by atoms with E-state index in [0.29, 0.717) is 0 Å². The average molecular weight is 265 g/mol. The van der Waals surface area contributed by atoms with Crippen LogP contribution in [0, 0.1) is 0 Å². The van der Waals surface area contributed by atoms with Gasteiger partial charge in [-0.1, -0.05) is 0 Å². The zero-order valence-electron chi connectivity index (χ0n) is 9.03. The fraction of sp³-hybridized carbons (Fsp3) is 0.300. The summed E-state index contributed by atoms with van der Waals surface area (Å²) in [6.07, 6.45) is -4.42. The molecule has 0 atom stereocenters. The number of halogens is 3. The molecule has 0 heterocycles. The lowest BCUT2D eigenvalue weighted by atomic mass is 10.2. The Kier molecular flexibility index (Phi) is 4.38. The summed E-state index contributed by atoms with van der Waals surface area (Å²) in [6.45, 7) is -2.03. The van der Waals surface area contributed by atoms with Gasteiger partial charge in [0.2, 0.25) is 0 Å². The van der Waals surface area contributed by atoms with Crippen molar-refractivity contribution in [1.82, 2.24) is 0 Å². The summed E-state index contributed by atoms with van der Waals surface area (Å²) in [6, 6.07) is 3.66. The third-order valence-corrected chi connectivity index (χ3v) is 1.83. The Morgan fingerprint density at radius 2 is 2.06 bits per heavy atom. The molecule has 0 fully saturated rings. The Balaban J connectivity index is 2.49. The zero-order chi connectivity index (χ0) is 13.8. The number of carboxylic acid groups (broad SMARTS) is 1. The van der Waals surface area contributed by atoms with E-state index in [1.807, 2.05) is 0 Å². The number of hydrogen-bond acceptors (Lipinski definition) is 4. The van der Waals surface area contributed by atoms with Gasteiger partial charge in [-0.3, -0.25) is 0 Å². The molecule has 0 saturated carbocycles. The van der Waals surface area contributed by atoms with Gasteiger partial charge in [0.15, 0.2) is 6.79 Å². The minimum Gasteiger partial charge on any atom is -0.478 e. The number of carboxylic acids is 1. The average Bonchev–Trinajstić information content (AvgIpc) is 2.22. The highest BCUT2D eigenvalue weighted by molar-refractivity contribution is 5.93. The van der Waals surface area contributed by atoms with Crippen LogP contribution in [-0.4, -0.2) is 30.7 Å². The Labute approximate surface area is 99.9 Å². The van der Waals surface area contributed by atoms with Crippen molar-refractivity contribution < 1.29 is 32.5 Å². The van der Waals surface area contributed by atoms with Crippen LogP contribution < -0.4 is 10.5 Å². The number of alkyl halides is 3.